The third kappa shape index (κ3) is 2.09. The van der Waals surface area contributed by atoms with Crippen molar-refractivity contribution in [3.8, 4) is 11.4 Å². The molecule has 4 nitrogen and oxygen atoms in total. The number of hydrogen-bond donors (Lipinski definition) is 1. The van der Waals surface area contributed by atoms with Crippen molar-refractivity contribution in [3.05, 3.63) is 35.1 Å². The first-order valence-corrected chi connectivity index (χ1v) is 5.49. The highest BCUT2D eigenvalue weighted by Crippen LogP contribution is 2.15. The van der Waals surface area contributed by atoms with Crippen LogP contribution in [0.1, 0.15) is 13.3 Å². The van der Waals surface area contributed by atoms with Gasteiger partial charge in [0.15, 0.2) is 5.82 Å². The summed E-state index contributed by atoms with van der Waals surface area (Å²) >= 11 is 5.12. The number of rotatable bonds is 3. The second-order valence-electron chi connectivity index (χ2n) is 3.24. The number of hydrogen-bond acceptors (Lipinski definition) is 3. The first-order chi connectivity index (χ1) is 7.83. The molecular weight excluding hydrogens is 220 g/mol. The second kappa shape index (κ2) is 4.85. The molecule has 1 heterocycles. The van der Waals surface area contributed by atoms with E-state index in [0.29, 0.717) is 4.77 Å². The standard InChI is InChI=1S/C11H12N4S/c1-2-8-12-15-10(13-14-11(15)16)9-6-4-3-5-7-9/h3-8H,2H2,1H3,(H,14,16). The monoisotopic (exact) mass is 232 g/mol. The molecule has 0 radical (unpaired) electrons. The zero-order valence-corrected chi connectivity index (χ0v) is 9.74. The SMILES string of the molecule is CCC=Nn1c(-c2ccccc2)n[nH]c1=S. The van der Waals surface area contributed by atoms with Gasteiger partial charge >= 0.3 is 0 Å². The van der Waals surface area contributed by atoms with Crippen LogP contribution in [0.15, 0.2) is 35.4 Å². The molecule has 1 aromatic carbocycles. The lowest BCUT2D eigenvalue weighted by Crippen LogP contribution is -1.93. The predicted octanol–water partition coefficient (Wildman–Crippen LogP) is 2.85. The maximum atomic E-state index is 5.12. The van der Waals surface area contributed by atoms with E-state index in [1.807, 2.05) is 37.3 Å². The summed E-state index contributed by atoms with van der Waals surface area (Å²) in [5, 5.41) is 11.2. The fourth-order valence-corrected chi connectivity index (χ4v) is 1.52. The molecule has 5 heteroatoms. The van der Waals surface area contributed by atoms with Crippen LogP contribution < -0.4 is 0 Å². The Morgan fingerprint density at radius 2 is 2.19 bits per heavy atom. The number of aromatic nitrogens is 3. The lowest BCUT2D eigenvalue weighted by Gasteiger charge is -1.99. The number of nitrogens with one attached hydrogen (secondary N) is 1. The molecule has 0 atom stereocenters. The van der Waals surface area contributed by atoms with Crippen LogP contribution in [0.25, 0.3) is 11.4 Å². The van der Waals surface area contributed by atoms with E-state index < -0.39 is 0 Å². The molecule has 16 heavy (non-hydrogen) atoms. The number of aromatic amines is 1. The molecule has 82 valence electrons. The van der Waals surface area contributed by atoms with Gasteiger partial charge in [0, 0.05) is 11.8 Å². The maximum Gasteiger partial charge on any atom is 0.216 e. The fraction of sp³-hybridized carbons (Fsp3) is 0.182. The Hall–Kier alpha value is -1.75. The minimum atomic E-state index is 0.503. The topological polar surface area (TPSA) is 46.0 Å². The molecule has 1 aromatic heterocycles. The van der Waals surface area contributed by atoms with E-state index in [2.05, 4.69) is 15.3 Å². The lowest BCUT2D eigenvalue weighted by atomic mass is 10.2. The molecule has 0 amide bonds. The molecule has 0 unspecified atom stereocenters. The molecule has 0 fully saturated rings. The van der Waals surface area contributed by atoms with Crippen molar-refractivity contribution in [1.29, 1.82) is 0 Å². The molecule has 0 aliphatic rings. The molecule has 0 saturated carbocycles. The first-order valence-electron chi connectivity index (χ1n) is 5.08. The second-order valence-corrected chi connectivity index (χ2v) is 3.62. The van der Waals surface area contributed by atoms with E-state index in [1.165, 1.54) is 0 Å². The molecule has 0 spiro atoms. The average molecular weight is 232 g/mol. The van der Waals surface area contributed by atoms with Crippen molar-refractivity contribution in [2.45, 2.75) is 13.3 Å². The van der Waals surface area contributed by atoms with Crippen LogP contribution in [-0.4, -0.2) is 21.1 Å². The third-order valence-corrected chi connectivity index (χ3v) is 2.33. The van der Waals surface area contributed by atoms with E-state index in [-0.39, 0.29) is 0 Å². The quantitative estimate of drug-likeness (QED) is 0.653. The van der Waals surface area contributed by atoms with Gasteiger partial charge in [0.2, 0.25) is 4.77 Å². The van der Waals surface area contributed by atoms with Crippen molar-refractivity contribution in [3.63, 3.8) is 0 Å². The average Bonchev–Trinajstić information content (AvgIpc) is 2.69. The lowest BCUT2D eigenvalue weighted by molar-refractivity contribution is 0.866. The summed E-state index contributed by atoms with van der Waals surface area (Å²) in [7, 11) is 0. The molecule has 2 aromatic rings. The highest BCUT2D eigenvalue weighted by Gasteiger charge is 2.06. The Kier molecular flexibility index (Phi) is 3.26. The summed E-state index contributed by atoms with van der Waals surface area (Å²) in [5.41, 5.74) is 0.989. The molecular formula is C11H12N4S. The van der Waals surface area contributed by atoms with Gasteiger partial charge in [-0.05, 0) is 18.6 Å². The minimum absolute atomic E-state index is 0.503. The van der Waals surface area contributed by atoms with Crippen LogP contribution in [0.5, 0.6) is 0 Å². The van der Waals surface area contributed by atoms with E-state index in [9.17, 15) is 0 Å². The van der Waals surface area contributed by atoms with Gasteiger partial charge in [0.05, 0.1) is 0 Å². The van der Waals surface area contributed by atoms with E-state index in [0.717, 1.165) is 17.8 Å². The van der Waals surface area contributed by atoms with Gasteiger partial charge < -0.3 is 0 Å². The van der Waals surface area contributed by atoms with Gasteiger partial charge in [0.1, 0.15) is 0 Å². The Balaban J connectivity index is 2.50. The highest BCUT2D eigenvalue weighted by molar-refractivity contribution is 7.71. The summed E-state index contributed by atoms with van der Waals surface area (Å²) in [6.45, 7) is 2.02. The number of nitrogens with zero attached hydrogens (tertiary/aromatic N) is 3. The van der Waals surface area contributed by atoms with Gasteiger partial charge in [-0.1, -0.05) is 37.3 Å². The van der Waals surface area contributed by atoms with Crippen molar-refractivity contribution in [2.75, 3.05) is 0 Å². The van der Waals surface area contributed by atoms with Crippen molar-refractivity contribution in [2.24, 2.45) is 5.10 Å². The smallest absolute Gasteiger partial charge is 0.216 e. The first kappa shape index (κ1) is 10.8. The third-order valence-electron chi connectivity index (χ3n) is 2.06. The Morgan fingerprint density at radius 3 is 2.88 bits per heavy atom. The zero-order chi connectivity index (χ0) is 11.4. The predicted molar refractivity (Wildman–Crippen MR) is 67.0 cm³/mol. The van der Waals surface area contributed by atoms with Gasteiger partial charge in [0.25, 0.3) is 0 Å². The van der Waals surface area contributed by atoms with E-state index >= 15 is 0 Å². The summed E-state index contributed by atoms with van der Waals surface area (Å²) in [6.07, 6.45) is 2.67. The Labute approximate surface area is 98.6 Å². The van der Waals surface area contributed by atoms with Crippen LogP contribution >= 0.6 is 12.2 Å². The fourth-order valence-electron chi connectivity index (χ4n) is 1.34. The van der Waals surface area contributed by atoms with Gasteiger partial charge in [-0.15, -0.1) is 0 Å². The van der Waals surface area contributed by atoms with Crippen LogP contribution in [0.2, 0.25) is 0 Å². The minimum Gasteiger partial charge on any atom is -0.250 e. The Bertz CT molecular complexity index is 539. The molecule has 0 aliphatic heterocycles. The molecule has 1 N–H and O–H groups in total. The molecule has 0 aliphatic carbocycles. The number of benzene rings is 1. The normalized spacial score (nSPS) is 11.1. The van der Waals surface area contributed by atoms with Crippen molar-refractivity contribution in [1.82, 2.24) is 14.9 Å². The zero-order valence-electron chi connectivity index (χ0n) is 8.92. The summed E-state index contributed by atoms with van der Waals surface area (Å²) < 4.78 is 2.14. The summed E-state index contributed by atoms with van der Waals surface area (Å²) in [5.74, 6) is 0.732. The summed E-state index contributed by atoms with van der Waals surface area (Å²) in [4.78, 5) is 0. The molecule has 0 saturated heterocycles. The number of H-pyrrole nitrogens is 1. The van der Waals surface area contributed by atoms with Crippen LogP contribution in [0.4, 0.5) is 0 Å². The van der Waals surface area contributed by atoms with Crippen molar-refractivity contribution >= 4 is 18.4 Å². The van der Waals surface area contributed by atoms with Gasteiger partial charge in [-0.25, -0.2) is 5.10 Å². The van der Waals surface area contributed by atoms with Crippen LogP contribution in [0, 0.1) is 4.77 Å². The van der Waals surface area contributed by atoms with E-state index in [4.69, 9.17) is 12.2 Å². The van der Waals surface area contributed by atoms with Gasteiger partial charge in [-0.2, -0.15) is 14.9 Å². The van der Waals surface area contributed by atoms with Crippen molar-refractivity contribution < 1.29 is 0 Å². The highest BCUT2D eigenvalue weighted by atomic mass is 32.1. The van der Waals surface area contributed by atoms with E-state index in [1.54, 1.807) is 10.9 Å². The van der Waals surface area contributed by atoms with Crippen LogP contribution in [-0.2, 0) is 0 Å². The maximum absolute atomic E-state index is 5.12. The largest absolute Gasteiger partial charge is 0.250 e. The molecule has 2 rings (SSSR count). The van der Waals surface area contributed by atoms with Gasteiger partial charge in [-0.3, -0.25) is 0 Å². The summed E-state index contributed by atoms with van der Waals surface area (Å²) in [6, 6.07) is 9.83. The molecule has 0 bridgehead atoms. The Morgan fingerprint density at radius 1 is 1.44 bits per heavy atom. The van der Waals surface area contributed by atoms with Crippen LogP contribution in [0.3, 0.4) is 0 Å².